The summed E-state index contributed by atoms with van der Waals surface area (Å²) in [5.41, 5.74) is 0.904. The van der Waals surface area contributed by atoms with Crippen LogP contribution in [0, 0.1) is 17.8 Å². The second-order valence-electron chi connectivity index (χ2n) is 5.84. The zero-order valence-electron chi connectivity index (χ0n) is 10.2. The summed E-state index contributed by atoms with van der Waals surface area (Å²) in [6.07, 6.45) is 2.33. The minimum atomic E-state index is -0.638. The number of carbonyl (C=O) groups is 1. The third kappa shape index (κ3) is 1.66. The van der Waals surface area contributed by atoms with Crippen LogP contribution in [0.5, 0.6) is 5.75 Å². The van der Waals surface area contributed by atoms with Gasteiger partial charge in [-0.2, -0.15) is 0 Å². The maximum Gasteiger partial charge on any atom is 0.309 e. The molecule has 3 saturated carbocycles. The van der Waals surface area contributed by atoms with Crippen LogP contribution in [0.2, 0.25) is 0 Å². The van der Waals surface area contributed by atoms with E-state index >= 15 is 0 Å². The Morgan fingerprint density at radius 2 is 2.11 bits per heavy atom. The van der Waals surface area contributed by atoms with Crippen molar-refractivity contribution in [3.05, 3.63) is 28.2 Å². The van der Waals surface area contributed by atoms with Crippen LogP contribution in [0.4, 0.5) is 0 Å². The highest BCUT2D eigenvalue weighted by Crippen LogP contribution is 2.73. The predicted molar refractivity (Wildman–Crippen MR) is 70.7 cm³/mol. The Morgan fingerprint density at radius 1 is 1.44 bits per heavy atom. The van der Waals surface area contributed by atoms with Crippen molar-refractivity contribution < 1.29 is 14.6 Å². The van der Waals surface area contributed by atoms with Crippen molar-refractivity contribution >= 4 is 21.9 Å². The number of aryl methyl sites for hydroxylation is 1. The van der Waals surface area contributed by atoms with Crippen LogP contribution in [0.15, 0.2) is 22.7 Å². The maximum absolute atomic E-state index is 11.0. The molecule has 0 aliphatic heterocycles. The molecule has 0 aromatic heterocycles. The van der Waals surface area contributed by atoms with Crippen molar-refractivity contribution in [3.8, 4) is 5.75 Å². The van der Waals surface area contributed by atoms with Crippen LogP contribution >= 0.6 is 15.9 Å². The molecule has 18 heavy (non-hydrogen) atoms. The van der Waals surface area contributed by atoms with Gasteiger partial charge in [0.05, 0.1) is 16.5 Å². The van der Waals surface area contributed by atoms with Crippen LogP contribution in [-0.2, 0) is 4.79 Å². The van der Waals surface area contributed by atoms with Crippen molar-refractivity contribution in [2.24, 2.45) is 10.8 Å². The number of ether oxygens (including phenoxy) is 1. The van der Waals surface area contributed by atoms with Gasteiger partial charge in [-0.05, 0) is 59.8 Å². The van der Waals surface area contributed by atoms with Crippen molar-refractivity contribution in [3.63, 3.8) is 0 Å². The van der Waals surface area contributed by atoms with Crippen LogP contribution in [0.25, 0.3) is 0 Å². The van der Waals surface area contributed by atoms with E-state index in [1.54, 1.807) is 0 Å². The van der Waals surface area contributed by atoms with Crippen LogP contribution < -0.4 is 4.74 Å². The average Bonchev–Trinajstić information content (AvgIpc) is 2.16. The topological polar surface area (TPSA) is 46.5 Å². The molecular formula is C14H15BrO3. The molecule has 0 saturated heterocycles. The van der Waals surface area contributed by atoms with Gasteiger partial charge < -0.3 is 9.84 Å². The largest absolute Gasteiger partial charge is 0.492 e. The summed E-state index contributed by atoms with van der Waals surface area (Å²) in [5, 5.41) is 9.06. The Bertz CT molecular complexity index is 504. The summed E-state index contributed by atoms with van der Waals surface area (Å²) >= 11 is 3.48. The molecule has 4 rings (SSSR count). The summed E-state index contributed by atoms with van der Waals surface area (Å²) < 4.78 is 6.78. The molecule has 3 fully saturated rings. The molecule has 3 nitrogen and oxygen atoms in total. The SMILES string of the molecule is Cc1ccc(OCC23CC(C(=O)O)(C2)C3)c(Br)c1. The summed E-state index contributed by atoms with van der Waals surface area (Å²) in [5.74, 6) is 0.204. The first kappa shape index (κ1) is 12.0. The Labute approximate surface area is 114 Å². The fourth-order valence-electron chi connectivity index (χ4n) is 3.33. The van der Waals surface area contributed by atoms with E-state index in [-0.39, 0.29) is 5.41 Å². The van der Waals surface area contributed by atoms with Gasteiger partial charge in [-0.15, -0.1) is 0 Å². The molecule has 0 atom stereocenters. The van der Waals surface area contributed by atoms with Crippen molar-refractivity contribution in [1.82, 2.24) is 0 Å². The highest BCUT2D eigenvalue weighted by molar-refractivity contribution is 9.10. The fourth-order valence-corrected chi connectivity index (χ4v) is 3.94. The van der Waals surface area contributed by atoms with Gasteiger partial charge in [-0.3, -0.25) is 4.79 Å². The van der Waals surface area contributed by atoms with E-state index in [1.807, 2.05) is 25.1 Å². The molecule has 96 valence electrons. The third-order valence-corrected chi connectivity index (χ3v) is 4.83. The lowest BCUT2D eigenvalue weighted by atomic mass is 9.35. The molecule has 4 heteroatoms. The Hall–Kier alpha value is -1.03. The van der Waals surface area contributed by atoms with Crippen LogP contribution in [-0.4, -0.2) is 17.7 Å². The molecule has 2 bridgehead atoms. The fraction of sp³-hybridized carbons (Fsp3) is 0.500. The van der Waals surface area contributed by atoms with Crippen molar-refractivity contribution in [2.45, 2.75) is 26.2 Å². The van der Waals surface area contributed by atoms with E-state index in [0.717, 1.165) is 29.5 Å². The monoisotopic (exact) mass is 310 g/mol. The van der Waals surface area contributed by atoms with Crippen LogP contribution in [0.1, 0.15) is 24.8 Å². The molecule has 1 N–H and O–H groups in total. The van der Waals surface area contributed by atoms with Gasteiger partial charge in [0.25, 0.3) is 0 Å². The van der Waals surface area contributed by atoms with Gasteiger partial charge in [0.2, 0.25) is 0 Å². The summed E-state index contributed by atoms with van der Waals surface area (Å²) in [7, 11) is 0. The Balaban J connectivity index is 1.60. The van der Waals surface area contributed by atoms with Gasteiger partial charge >= 0.3 is 5.97 Å². The zero-order chi connectivity index (χ0) is 13.0. The molecule has 0 unspecified atom stereocenters. The van der Waals surface area contributed by atoms with Gasteiger partial charge in [0.15, 0.2) is 0 Å². The van der Waals surface area contributed by atoms with E-state index in [9.17, 15) is 4.79 Å². The predicted octanol–water partition coefficient (Wildman–Crippen LogP) is 3.39. The highest BCUT2D eigenvalue weighted by atomic mass is 79.9. The molecule has 0 radical (unpaired) electrons. The van der Waals surface area contributed by atoms with E-state index in [4.69, 9.17) is 9.84 Å². The molecule has 1 aromatic carbocycles. The first-order valence-corrected chi connectivity index (χ1v) is 6.87. The number of hydrogen-bond acceptors (Lipinski definition) is 2. The van der Waals surface area contributed by atoms with Gasteiger partial charge in [-0.25, -0.2) is 0 Å². The number of hydrogen-bond donors (Lipinski definition) is 1. The minimum Gasteiger partial charge on any atom is -0.492 e. The molecule has 3 aliphatic carbocycles. The second-order valence-corrected chi connectivity index (χ2v) is 6.69. The molecular weight excluding hydrogens is 296 g/mol. The normalized spacial score (nSPS) is 32.3. The summed E-state index contributed by atoms with van der Waals surface area (Å²) in [6, 6.07) is 5.99. The van der Waals surface area contributed by atoms with Crippen molar-refractivity contribution in [1.29, 1.82) is 0 Å². The molecule has 0 heterocycles. The van der Waals surface area contributed by atoms with Crippen molar-refractivity contribution in [2.75, 3.05) is 6.61 Å². The standard InChI is InChI=1S/C14H15BrO3/c1-9-2-3-11(10(15)4-9)18-8-13-5-14(6-13,7-13)12(16)17/h2-4H,5-8H2,1H3,(H,16,17). The lowest BCUT2D eigenvalue weighted by Crippen LogP contribution is -2.67. The quantitative estimate of drug-likeness (QED) is 0.927. The highest BCUT2D eigenvalue weighted by Gasteiger charge is 2.72. The molecule has 1 aromatic rings. The molecule has 0 amide bonds. The number of carboxylic acids is 1. The Morgan fingerprint density at radius 3 is 2.67 bits per heavy atom. The van der Waals surface area contributed by atoms with E-state index in [1.165, 1.54) is 5.56 Å². The number of aliphatic carboxylic acids is 1. The number of benzene rings is 1. The zero-order valence-corrected chi connectivity index (χ0v) is 11.8. The molecule has 0 spiro atoms. The number of rotatable bonds is 4. The van der Waals surface area contributed by atoms with E-state index in [2.05, 4.69) is 15.9 Å². The summed E-state index contributed by atoms with van der Waals surface area (Å²) in [4.78, 5) is 11.0. The van der Waals surface area contributed by atoms with Gasteiger partial charge in [0, 0.05) is 5.41 Å². The smallest absolute Gasteiger partial charge is 0.309 e. The van der Waals surface area contributed by atoms with E-state index < -0.39 is 11.4 Å². The molecule has 3 aliphatic rings. The maximum atomic E-state index is 11.0. The second kappa shape index (κ2) is 3.73. The van der Waals surface area contributed by atoms with Gasteiger partial charge in [0.1, 0.15) is 5.75 Å². The lowest BCUT2D eigenvalue weighted by molar-refractivity contribution is -0.231. The Kier molecular flexibility index (Phi) is 2.49. The van der Waals surface area contributed by atoms with Gasteiger partial charge in [-0.1, -0.05) is 6.07 Å². The van der Waals surface area contributed by atoms with Crippen LogP contribution in [0.3, 0.4) is 0 Å². The number of carboxylic acid groups (broad SMARTS) is 1. The first-order valence-electron chi connectivity index (χ1n) is 6.07. The minimum absolute atomic E-state index is 0.128. The third-order valence-electron chi connectivity index (χ3n) is 4.22. The summed E-state index contributed by atoms with van der Waals surface area (Å²) in [6.45, 7) is 2.66. The lowest BCUT2D eigenvalue weighted by Gasteiger charge is -2.67. The first-order chi connectivity index (χ1) is 8.45. The van der Waals surface area contributed by atoms with E-state index in [0.29, 0.717) is 6.61 Å². The number of halogens is 1. The average molecular weight is 311 g/mol.